The Labute approximate surface area is 143 Å². The lowest BCUT2D eigenvalue weighted by Crippen LogP contribution is -2.29. The SMILES string of the molecule is C=C(Cl)COC(=O)c1ccc(N2C(=O)c3ccccc3C2=O)cc1. The highest BCUT2D eigenvalue weighted by atomic mass is 35.5. The summed E-state index contributed by atoms with van der Waals surface area (Å²) in [7, 11) is 0. The van der Waals surface area contributed by atoms with Gasteiger partial charge in [-0.15, -0.1) is 0 Å². The highest BCUT2D eigenvalue weighted by Crippen LogP contribution is 2.28. The van der Waals surface area contributed by atoms with Gasteiger partial charge in [-0.25, -0.2) is 9.69 Å². The highest BCUT2D eigenvalue weighted by molar-refractivity contribution is 6.34. The zero-order valence-electron chi connectivity index (χ0n) is 12.5. The van der Waals surface area contributed by atoms with Crippen LogP contribution in [0, 0.1) is 0 Å². The molecule has 0 bridgehead atoms. The second-order valence-corrected chi connectivity index (χ2v) is 5.67. The maximum atomic E-state index is 12.4. The van der Waals surface area contributed by atoms with E-state index in [0.29, 0.717) is 16.8 Å². The van der Waals surface area contributed by atoms with E-state index in [9.17, 15) is 14.4 Å². The molecule has 0 unspecified atom stereocenters. The quantitative estimate of drug-likeness (QED) is 0.631. The molecule has 1 aliphatic heterocycles. The van der Waals surface area contributed by atoms with Crippen molar-refractivity contribution >= 4 is 35.1 Å². The number of rotatable bonds is 4. The first-order valence-electron chi connectivity index (χ1n) is 7.07. The molecule has 6 heteroatoms. The van der Waals surface area contributed by atoms with Gasteiger partial charge in [0.1, 0.15) is 6.61 Å². The number of amides is 2. The molecule has 0 aromatic heterocycles. The van der Waals surface area contributed by atoms with Crippen LogP contribution < -0.4 is 4.90 Å². The smallest absolute Gasteiger partial charge is 0.338 e. The normalized spacial score (nSPS) is 13.0. The first kappa shape index (κ1) is 16.0. The van der Waals surface area contributed by atoms with Gasteiger partial charge in [-0.05, 0) is 36.4 Å². The molecule has 0 fully saturated rings. The Kier molecular flexibility index (Phi) is 4.18. The van der Waals surface area contributed by atoms with Crippen molar-refractivity contribution in [3.8, 4) is 0 Å². The van der Waals surface area contributed by atoms with Crippen LogP contribution in [0.25, 0.3) is 0 Å². The highest BCUT2D eigenvalue weighted by Gasteiger charge is 2.36. The monoisotopic (exact) mass is 341 g/mol. The van der Waals surface area contributed by atoms with Gasteiger partial charge in [-0.2, -0.15) is 0 Å². The van der Waals surface area contributed by atoms with E-state index in [0.717, 1.165) is 4.90 Å². The van der Waals surface area contributed by atoms with Gasteiger partial charge in [-0.1, -0.05) is 30.3 Å². The number of benzene rings is 2. The summed E-state index contributed by atoms with van der Waals surface area (Å²) in [5.41, 5.74) is 1.41. The molecule has 2 aromatic rings. The number of hydrogen-bond acceptors (Lipinski definition) is 4. The van der Waals surface area contributed by atoms with Crippen LogP contribution >= 0.6 is 11.6 Å². The van der Waals surface area contributed by atoms with E-state index in [4.69, 9.17) is 16.3 Å². The maximum absolute atomic E-state index is 12.4. The molecule has 2 amide bonds. The number of nitrogens with zero attached hydrogens (tertiary/aromatic N) is 1. The van der Waals surface area contributed by atoms with Gasteiger partial charge in [0.2, 0.25) is 0 Å². The molecule has 1 aliphatic rings. The van der Waals surface area contributed by atoms with Gasteiger partial charge in [0, 0.05) is 5.03 Å². The number of carbonyl (C=O) groups excluding carboxylic acids is 3. The first-order chi connectivity index (χ1) is 11.5. The third-order valence-corrected chi connectivity index (χ3v) is 3.62. The van der Waals surface area contributed by atoms with Gasteiger partial charge in [0.15, 0.2) is 0 Å². The molecule has 0 atom stereocenters. The van der Waals surface area contributed by atoms with E-state index in [1.54, 1.807) is 24.3 Å². The van der Waals surface area contributed by atoms with Crippen molar-refractivity contribution in [1.82, 2.24) is 0 Å². The minimum atomic E-state index is -0.564. The molecule has 0 saturated heterocycles. The summed E-state index contributed by atoms with van der Waals surface area (Å²) in [5, 5.41) is 0.214. The van der Waals surface area contributed by atoms with Crippen molar-refractivity contribution in [3.63, 3.8) is 0 Å². The fourth-order valence-electron chi connectivity index (χ4n) is 2.40. The van der Waals surface area contributed by atoms with Crippen molar-refractivity contribution in [3.05, 3.63) is 76.8 Å². The Hall–Kier alpha value is -2.92. The number of carbonyl (C=O) groups is 3. The second kappa shape index (κ2) is 6.29. The number of halogens is 1. The molecule has 5 nitrogen and oxygen atoms in total. The Balaban J connectivity index is 1.82. The first-order valence-corrected chi connectivity index (χ1v) is 7.45. The predicted molar refractivity (Wildman–Crippen MR) is 89.3 cm³/mol. The second-order valence-electron chi connectivity index (χ2n) is 5.13. The number of hydrogen-bond donors (Lipinski definition) is 0. The molecule has 0 saturated carbocycles. The maximum Gasteiger partial charge on any atom is 0.338 e. The number of fused-ring (bicyclic) bond motifs is 1. The van der Waals surface area contributed by atoms with E-state index in [2.05, 4.69) is 6.58 Å². The average molecular weight is 342 g/mol. The molecule has 3 rings (SSSR count). The number of esters is 1. The van der Waals surface area contributed by atoms with E-state index in [1.807, 2.05) is 0 Å². The van der Waals surface area contributed by atoms with Crippen LogP contribution in [0.2, 0.25) is 0 Å². The molecule has 0 radical (unpaired) electrons. The standard InChI is InChI=1S/C18H12ClNO4/c1-11(19)10-24-18(23)12-6-8-13(9-7-12)20-16(21)14-4-2-3-5-15(14)17(20)22/h2-9H,1,10H2. The molecule has 1 heterocycles. The van der Waals surface area contributed by atoms with Gasteiger partial charge in [0.05, 0.1) is 22.4 Å². The van der Waals surface area contributed by atoms with Crippen LogP contribution in [-0.4, -0.2) is 24.4 Å². The fourth-order valence-corrected chi connectivity index (χ4v) is 2.45. The lowest BCUT2D eigenvalue weighted by Gasteiger charge is -2.14. The molecular weight excluding hydrogens is 330 g/mol. The number of ether oxygens (including phenoxy) is 1. The van der Waals surface area contributed by atoms with Crippen LogP contribution in [-0.2, 0) is 4.74 Å². The number of anilines is 1. The van der Waals surface area contributed by atoms with Crippen molar-refractivity contribution in [1.29, 1.82) is 0 Å². The lowest BCUT2D eigenvalue weighted by atomic mass is 10.1. The van der Waals surface area contributed by atoms with Crippen LogP contribution in [0.4, 0.5) is 5.69 Å². The summed E-state index contributed by atoms with van der Waals surface area (Å²) in [6.45, 7) is 3.35. The summed E-state index contributed by atoms with van der Waals surface area (Å²) in [5.74, 6) is -1.33. The van der Waals surface area contributed by atoms with Crippen molar-refractivity contribution in [2.45, 2.75) is 0 Å². The minimum absolute atomic E-state index is 0.0828. The zero-order valence-corrected chi connectivity index (χ0v) is 13.2. The van der Waals surface area contributed by atoms with Crippen LogP contribution in [0.15, 0.2) is 60.1 Å². The van der Waals surface area contributed by atoms with Gasteiger partial charge in [0.25, 0.3) is 11.8 Å². The largest absolute Gasteiger partial charge is 0.456 e. The molecule has 0 aliphatic carbocycles. The molecular formula is C18H12ClNO4. The van der Waals surface area contributed by atoms with Crippen molar-refractivity contribution < 1.29 is 19.1 Å². The lowest BCUT2D eigenvalue weighted by molar-refractivity contribution is 0.0546. The van der Waals surface area contributed by atoms with E-state index < -0.39 is 5.97 Å². The summed E-state index contributed by atoms with van der Waals surface area (Å²) >= 11 is 5.54. The Bertz CT molecular complexity index is 823. The van der Waals surface area contributed by atoms with Gasteiger partial charge < -0.3 is 4.74 Å². The molecule has 120 valence electrons. The minimum Gasteiger partial charge on any atom is -0.456 e. The molecule has 0 N–H and O–H groups in total. The Morgan fingerprint density at radius 1 is 1.00 bits per heavy atom. The van der Waals surface area contributed by atoms with Gasteiger partial charge in [-0.3, -0.25) is 9.59 Å². The summed E-state index contributed by atoms with van der Waals surface area (Å²) in [4.78, 5) is 37.7. The Morgan fingerprint density at radius 3 is 2.04 bits per heavy atom. The Morgan fingerprint density at radius 2 is 1.54 bits per heavy atom. The third-order valence-electron chi connectivity index (χ3n) is 3.52. The van der Waals surface area contributed by atoms with Crippen molar-refractivity contribution in [2.24, 2.45) is 0 Å². The summed E-state index contributed by atoms with van der Waals surface area (Å²) < 4.78 is 4.93. The van der Waals surface area contributed by atoms with E-state index in [-0.39, 0.29) is 29.0 Å². The van der Waals surface area contributed by atoms with E-state index in [1.165, 1.54) is 24.3 Å². The molecule has 2 aromatic carbocycles. The van der Waals surface area contributed by atoms with Crippen molar-refractivity contribution in [2.75, 3.05) is 11.5 Å². The fraction of sp³-hybridized carbons (Fsp3) is 0.0556. The predicted octanol–water partition coefficient (Wildman–Crippen LogP) is 3.40. The van der Waals surface area contributed by atoms with Crippen LogP contribution in [0.1, 0.15) is 31.1 Å². The molecule has 0 spiro atoms. The summed E-state index contributed by atoms with van der Waals surface area (Å²) in [6, 6.07) is 12.6. The van der Waals surface area contributed by atoms with Crippen LogP contribution in [0.3, 0.4) is 0 Å². The topological polar surface area (TPSA) is 63.7 Å². The average Bonchev–Trinajstić information content (AvgIpc) is 2.84. The van der Waals surface area contributed by atoms with Gasteiger partial charge >= 0.3 is 5.97 Å². The van der Waals surface area contributed by atoms with Crippen LogP contribution in [0.5, 0.6) is 0 Å². The number of imide groups is 1. The summed E-state index contributed by atoms with van der Waals surface area (Å²) in [6.07, 6.45) is 0. The zero-order chi connectivity index (χ0) is 17.3. The molecule has 24 heavy (non-hydrogen) atoms. The third kappa shape index (κ3) is 2.81. The van der Waals surface area contributed by atoms with E-state index >= 15 is 0 Å².